The van der Waals surface area contributed by atoms with Gasteiger partial charge in [-0.2, -0.15) is 0 Å². The van der Waals surface area contributed by atoms with Crippen molar-refractivity contribution in [2.45, 2.75) is 58.1 Å². The van der Waals surface area contributed by atoms with Crippen molar-refractivity contribution < 1.29 is 28.7 Å². The molecular weight excluding hydrogens is 467 g/mol. The molecule has 2 aromatic rings. The molecule has 1 aliphatic heterocycles. The average Bonchev–Trinajstić information content (AvgIpc) is 3.29. The van der Waals surface area contributed by atoms with E-state index in [0.29, 0.717) is 36.6 Å². The van der Waals surface area contributed by atoms with Crippen molar-refractivity contribution >= 4 is 35.0 Å². The number of halogens is 1. The zero-order valence-electron chi connectivity index (χ0n) is 20.3. The topological polar surface area (TPSA) is 129 Å². The summed E-state index contributed by atoms with van der Waals surface area (Å²) in [5.41, 5.74) is 2.04. The second-order valence-electron chi connectivity index (χ2n) is 9.13. The number of amides is 3. The number of aliphatic carboxylic acids is 1. The molecule has 0 bridgehead atoms. The number of anilines is 2. The minimum atomic E-state index is -0.883. The van der Waals surface area contributed by atoms with Crippen LogP contribution in [0.1, 0.15) is 45.1 Å². The van der Waals surface area contributed by atoms with Crippen LogP contribution in [0.4, 0.5) is 20.6 Å². The van der Waals surface area contributed by atoms with Gasteiger partial charge in [0.15, 0.2) is 0 Å². The van der Waals surface area contributed by atoms with E-state index in [1.165, 1.54) is 18.2 Å². The van der Waals surface area contributed by atoms with Crippen LogP contribution in [0.25, 0.3) is 0 Å². The standard InChI is InChI=1S/C26H31FN4O5/c1-16(2)13-22(23-15-19(36-31-23)11-12-25(33)34)29-24(32)14-17-7-9-18(10-8-17)28-26(35)30-21-6-4-3-5-20(21)27/h3-10,16,19,22H,11-15H2,1-2H3,(H,29,32)(H,33,34)(H2,28,30,35). The van der Waals surface area contributed by atoms with E-state index in [-0.39, 0.29) is 36.6 Å². The molecule has 192 valence electrons. The molecule has 0 aromatic heterocycles. The zero-order valence-corrected chi connectivity index (χ0v) is 20.3. The molecule has 0 fully saturated rings. The number of hydrogen-bond donors (Lipinski definition) is 4. The molecular formula is C26H31FN4O5. The molecule has 0 aliphatic carbocycles. The van der Waals surface area contributed by atoms with E-state index in [2.05, 4.69) is 21.1 Å². The summed E-state index contributed by atoms with van der Waals surface area (Å²) in [5, 5.41) is 21.1. The van der Waals surface area contributed by atoms with Gasteiger partial charge in [0.05, 0.1) is 23.9 Å². The highest BCUT2D eigenvalue weighted by atomic mass is 19.1. The van der Waals surface area contributed by atoms with E-state index >= 15 is 0 Å². The number of oxime groups is 1. The number of nitrogens with one attached hydrogen (secondary N) is 3. The van der Waals surface area contributed by atoms with Gasteiger partial charge in [-0.1, -0.05) is 43.3 Å². The molecule has 9 nitrogen and oxygen atoms in total. The molecule has 2 atom stereocenters. The first-order valence-electron chi connectivity index (χ1n) is 11.8. The van der Waals surface area contributed by atoms with Crippen molar-refractivity contribution in [1.82, 2.24) is 5.32 Å². The normalized spacial score (nSPS) is 15.6. The van der Waals surface area contributed by atoms with Crippen molar-refractivity contribution in [3.8, 4) is 0 Å². The molecule has 1 aliphatic rings. The third kappa shape index (κ3) is 8.37. The van der Waals surface area contributed by atoms with Crippen molar-refractivity contribution in [1.29, 1.82) is 0 Å². The van der Waals surface area contributed by atoms with Crippen LogP contribution < -0.4 is 16.0 Å². The van der Waals surface area contributed by atoms with E-state index in [0.717, 1.165) is 5.56 Å². The summed E-state index contributed by atoms with van der Waals surface area (Å²) in [6.07, 6.45) is 1.37. The fourth-order valence-corrected chi connectivity index (χ4v) is 3.83. The number of carbonyl (C=O) groups excluding carboxylic acids is 2. The van der Waals surface area contributed by atoms with Gasteiger partial charge in [0.25, 0.3) is 0 Å². The lowest BCUT2D eigenvalue weighted by atomic mass is 9.95. The first-order chi connectivity index (χ1) is 17.2. The maximum absolute atomic E-state index is 13.7. The summed E-state index contributed by atoms with van der Waals surface area (Å²) in [5.74, 6) is -1.30. The van der Waals surface area contributed by atoms with Crippen LogP contribution in [0.3, 0.4) is 0 Å². The van der Waals surface area contributed by atoms with Crippen LogP contribution in [0.15, 0.2) is 53.7 Å². The summed E-state index contributed by atoms with van der Waals surface area (Å²) >= 11 is 0. The summed E-state index contributed by atoms with van der Waals surface area (Å²) in [7, 11) is 0. The van der Waals surface area contributed by atoms with Gasteiger partial charge in [-0.15, -0.1) is 0 Å². The Balaban J connectivity index is 1.52. The second-order valence-corrected chi connectivity index (χ2v) is 9.13. The number of nitrogens with zero attached hydrogens (tertiary/aromatic N) is 1. The molecule has 4 N–H and O–H groups in total. The Labute approximate surface area is 209 Å². The van der Waals surface area contributed by atoms with Gasteiger partial charge in [-0.05, 0) is 48.6 Å². The first-order valence-corrected chi connectivity index (χ1v) is 11.8. The number of benzene rings is 2. The molecule has 2 aromatic carbocycles. The lowest BCUT2D eigenvalue weighted by Gasteiger charge is -2.20. The maximum atomic E-state index is 13.7. The van der Waals surface area contributed by atoms with Gasteiger partial charge in [-0.3, -0.25) is 9.59 Å². The summed E-state index contributed by atoms with van der Waals surface area (Å²) in [6.45, 7) is 4.09. The Bertz CT molecular complexity index is 1100. The Hall–Kier alpha value is -3.95. The first kappa shape index (κ1) is 26.7. The molecule has 3 amide bonds. The quantitative estimate of drug-likeness (QED) is 0.361. The average molecular weight is 499 g/mol. The van der Waals surface area contributed by atoms with Gasteiger partial charge >= 0.3 is 12.0 Å². The van der Waals surface area contributed by atoms with Gasteiger partial charge in [-0.25, -0.2) is 9.18 Å². The smallest absolute Gasteiger partial charge is 0.323 e. The largest absolute Gasteiger partial charge is 0.481 e. The zero-order chi connectivity index (χ0) is 26.1. The molecule has 0 spiro atoms. The molecule has 1 heterocycles. The van der Waals surface area contributed by atoms with Crippen LogP contribution in [-0.4, -0.2) is 40.9 Å². The van der Waals surface area contributed by atoms with Crippen molar-refractivity contribution in [2.24, 2.45) is 11.1 Å². The Morgan fingerprint density at radius 1 is 1.11 bits per heavy atom. The maximum Gasteiger partial charge on any atom is 0.323 e. The molecule has 0 saturated heterocycles. The molecule has 2 unspecified atom stereocenters. The number of para-hydroxylation sites is 1. The third-order valence-corrected chi connectivity index (χ3v) is 5.58. The van der Waals surface area contributed by atoms with Crippen LogP contribution >= 0.6 is 0 Å². The molecule has 10 heteroatoms. The predicted octanol–water partition coefficient (Wildman–Crippen LogP) is 4.55. The second kappa shape index (κ2) is 12.7. The van der Waals surface area contributed by atoms with Crippen LogP contribution in [0, 0.1) is 11.7 Å². The van der Waals surface area contributed by atoms with Crippen LogP contribution in [0.5, 0.6) is 0 Å². The summed E-state index contributed by atoms with van der Waals surface area (Å²) in [6, 6.07) is 11.8. The summed E-state index contributed by atoms with van der Waals surface area (Å²) < 4.78 is 13.7. The van der Waals surface area contributed by atoms with E-state index in [4.69, 9.17) is 9.94 Å². The Kier molecular flexibility index (Phi) is 9.38. The Morgan fingerprint density at radius 3 is 2.50 bits per heavy atom. The van der Waals surface area contributed by atoms with E-state index < -0.39 is 17.8 Å². The summed E-state index contributed by atoms with van der Waals surface area (Å²) in [4.78, 5) is 41.1. The molecule has 36 heavy (non-hydrogen) atoms. The number of rotatable bonds is 11. The predicted molar refractivity (Wildman–Crippen MR) is 134 cm³/mol. The lowest BCUT2D eigenvalue weighted by Crippen LogP contribution is -2.42. The molecule has 0 radical (unpaired) electrons. The van der Waals surface area contributed by atoms with E-state index in [9.17, 15) is 18.8 Å². The van der Waals surface area contributed by atoms with Gasteiger partial charge < -0.3 is 25.9 Å². The molecule has 3 rings (SSSR count). The van der Waals surface area contributed by atoms with Crippen molar-refractivity contribution in [3.05, 3.63) is 59.9 Å². The minimum Gasteiger partial charge on any atom is -0.481 e. The van der Waals surface area contributed by atoms with Gasteiger partial charge in [0.2, 0.25) is 5.91 Å². The van der Waals surface area contributed by atoms with Gasteiger partial charge in [0.1, 0.15) is 11.9 Å². The van der Waals surface area contributed by atoms with Gasteiger partial charge in [0, 0.05) is 18.5 Å². The van der Waals surface area contributed by atoms with Crippen molar-refractivity contribution in [3.63, 3.8) is 0 Å². The Morgan fingerprint density at radius 2 is 1.83 bits per heavy atom. The fourth-order valence-electron chi connectivity index (χ4n) is 3.83. The number of carboxylic acid groups (broad SMARTS) is 1. The van der Waals surface area contributed by atoms with E-state index in [1.807, 2.05) is 13.8 Å². The lowest BCUT2D eigenvalue weighted by molar-refractivity contribution is -0.137. The van der Waals surface area contributed by atoms with Crippen molar-refractivity contribution in [2.75, 3.05) is 10.6 Å². The van der Waals surface area contributed by atoms with Crippen LogP contribution in [-0.2, 0) is 20.8 Å². The molecule has 0 saturated carbocycles. The number of carbonyl (C=O) groups is 3. The number of carboxylic acids is 1. The highest BCUT2D eigenvalue weighted by Gasteiger charge is 2.29. The highest BCUT2D eigenvalue weighted by molar-refractivity contribution is 5.99. The third-order valence-electron chi connectivity index (χ3n) is 5.58. The highest BCUT2D eigenvalue weighted by Crippen LogP contribution is 2.21. The SMILES string of the molecule is CC(C)CC(NC(=O)Cc1ccc(NC(=O)Nc2ccccc2F)cc1)C1=NOC(CCC(=O)O)C1. The monoisotopic (exact) mass is 498 g/mol. The number of hydrogen-bond acceptors (Lipinski definition) is 5. The fraction of sp³-hybridized carbons (Fsp3) is 0.385. The van der Waals surface area contributed by atoms with E-state index in [1.54, 1.807) is 30.3 Å². The minimum absolute atomic E-state index is 0.00429. The van der Waals surface area contributed by atoms with Crippen LogP contribution in [0.2, 0.25) is 0 Å². The number of urea groups is 1.